The predicted octanol–water partition coefficient (Wildman–Crippen LogP) is 2.95. The first kappa shape index (κ1) is 12.8. The zero-order valence-electron chi connectivity index (χ0n) is 10.5. The van der Waals surface area contributed by atoms with Crippen LogP contribution in [0.5, 0.6) is 0 Å². The molecule has 0 radical (unpaired) electrons. The summed E-state index contributed by atoms with van der Waals surface area (Å²) in [6.07, 6.45) is -2.27. The molecule has 5 heteroatoms. The molecule has 2 nitrogen and oxygen atoms in total. The van der Waals surface area contributed by atoms with Crippen LogP contribution in [0.3, 0.4) is 0 Å². The molecule has 2 aromatic rings. The fraction of sp³-hybridized carbons (Fsp3) is 0.385. The molecule has 18 heavy (non-hydrogen) atoms. The van der Waals surface area contributed by atoms with Crippen LogP contribution in [0, 0.1) is 6.92 Å². The highest BCUT2D eigenvalue weighted by Crippen LogP contribution is 2.36. The highest BCUT2D eigenvalue weighted by Gasteiger charge is 2.37. The summed E-state index contributed by atoms with van der Waals surface area (Å²) >= 11 is 0. The van der Waals surface area contributed by atoms with Gasteiger partial charge in [0.15, 0.2) is 5.52 Å². The predicted molar refractivity (Wildman–Crippen MR) is 62.0 cm³/mol. The van der Waals surface area contributed by atoms with Crippen molar-refractivity contribution in [1.29, 1.82) is 0 Å². The Balaban J connectivity index is 2.92. The molecule has 0 saturated carbocycles. The van der Waals surface area contributed by atoms with Crippen LogP contribution < -0.4 is 4.57 Å². The summed E-state index contributed by atoms with van der Waals surface area (Å²) in [6, 6.07) is 3.22. The Hall–Kier alpha value is -1.65. The van der Waals surface area contributed by atoms with Gasteiger partial charge in [-0.3, -0.25) is 0 Å². The molecule has 0 aliphatic carbocycles. The van der Waals surface area contributed by atoms with Gasteiger partial charge in [0.25, 0.3) is 6.33 Å². The van der Waals surface area contributed by atoms with Crippen LogP contribution in [0.2, 0.25) is 0 Å². The van der Waals surface area contributed by atoms with Crippen LogP contribution in [0.4, 0.5) is 13.2 Å². The van der Waals surface area contributed by atoms with E-state index in [0.717, 1.165) is 5.69 Å². The molecule has 0 fully saturated rings. The Kier molecular flexibility index (Phi) is 3.00. The molecule has 1 aromatic carbocycles. The van der Waals surface area contributed by atoms with Crippen molar-refractivity contribution in [3.63, 3.8) is 0 Å². The van der Waals surface area contributed by atoms with E-state index in [2.05, 4.69) is 4.98 Å². The third-order valence-corrected chi connectivity index (χ3v) is 3.10. The average molecular weight is 255 g/mol. The summed E-state index contributed by atoms with van der Waals surface area (Å²) < 4.78 is 41.0. The second-order valence-electron chi connectivity index (χ2n) is 4.31. The Bertz CT molecular complexity index is 603. The third kappa shape index (κ3) is 1.94. The number of nitrogens with zero attached hydrogens (tertiary/aromatic N) is 2. The van der Waals surface area contributed by atoms with Crippen LogP contribution in [0.25, 0.3) is 10.9 Å². The lowest BCUT2D eigenvalue weighted by Gasteiger charge is -2.11. The number of fused-ring (bicyclic) bond motifs is 1. The van der Waals surface area contributed by atoms with Crippen molar-refractivity contribution in [2.45, 2.75) is 26.4 Å². The summed E-state index contributed by atoms with van der Waals surface area (Å²) in [5, 5.41) is 0.570. The standard InChI is InChI=1S/C13H14F3N2/c1-4-10-9-6-5-8(2)11(13(14,15)16)12(9)17-7-18(10)3/h5-7H,4H2,1-3H3/q+1. The lowest BCUT2D eigenvalue weighted by Crippen LogP contribution is -2.34. The monoisotopic (exact) mass is 255 g/mol. The van der Waals surface area contributed by atoms with E-state index in [4.69, 9.17) is 0 Å². The molecule has 0 N–H and O–H groups in total. The van der Waals surface area contributed by atoms with E-state index in [1.165, 1.54) is 19.3 Å². The van der Waals surface area contributed by atoms with Crippen molar-refractivity contribution in [2.24, 2.45) is 7.05 Å². The fourth-order valence-electron chi connectivity index (χ4n) is 2.26. The summed E-state index contributed by atoms with van der Waals surface area (Å²) in [7, 11) is 1.79. The number of benzene rings is 1. The maximum atomic E-state index is 13.1. The van der Waals surface area contributed by atoms with E-state index >= 15 is 0 Å². The maximum Gasteiger partial charge on any atom is 0.420 e. The number of hydrogen-bond donors (Lipinski definition) is 0. The van der Waals surface area contributed by atoms with Crippen LogP contribution in [0.1, 0.15) is 23.7 Å². The number of halogens is 3. The van der Waals surface area contributed by atoms with Gasteiger partial charge in [0.2, 0.25) is 0 Å². The first-order chi connectivity index (χ1) is 8.36. The molecule has 0 saturated heterocycles. The molecule has 96 valence electrons. The van der Waals surface area contributed by atoms with Gasteiger partial charge in [-0.2, -0.15) is 13.2 Å². The molecule has 0 unspecified atom stereocenters. The molecular formula is C13H14F3N2+. The van der Waals surface area contributed by atoms with Crippen molar-refractivity contribution < 1.29 is 17.7 Å². The minimum atomic E-state index is -4.37. The van der Waals surface area contributed by atoms with Crippen molar-refractivity contribution in [2.75, 3.05) is 0 Å². The molecule has 0 aliphatic rings. The van der Waals surface area contributed by atoms with Crippen molar-refractivity contribution in [1.82, 2.24) is 4.98 Å². The van der Waals surface area contributed by atoms with Gasteiger partial charge in [-0.15, -0.1) is 0 Å². The van der Waals surface area contributed by atoms with Gasteiger partial charge in [-0.1, -0.05) is 13.0 Å². The van der Waals surface area contributed by atoms with Gasteiger partial charge in [0, 0.05) is 6.42 Å². The van der Waals surface area contributed by atoms with Gasteiger partial charge < -0.3 is 0 Å². The SMILES string of the molecule is CCc1c2ccc(C)c(C(F)(F)F)c2nc[n+]1C. The Labute approximate surface area is 103 Å². The zero-order valence-corrected chi connectivity index (χ0v) is 10.5. The lowest BCUT2D eigenvalue weighted by molar-refractivity contribution is -0.680. The minimum absolute atomic E-state index is 0.0393. The molecule has 2 rings (SSSR count). The van der Waals surface area contributed by atoms with Crippen LogP contribution in [-0.4, -0.2) is 4.98 Å². The topological polar surface area (TPSA) is 16.8 Å². The van der Waals surface area contributed by atoms with E-state index in [-0.39, 0.29) is 11.1 Å². The molecule has 1 heterocycles. The Morgan fingerprint density at radius 2 is 1.94 bits per heavy atom. The smallest absolute Gasteiger partial charge is 0.236 e. The summed E-state index contributed by atoms with van der Waals surface area (Å²) in [5.74, 6) is 0. The van der Waals surface area contributed by atoms with Crippen molar-refractivity contribution in [3.8, 4) is 0 Å². The molecule has 0 amide bonds. The van der Waals surface area contributed by atoms with Crippen LogP contribution in [0.15, 0.2) is 18.5 Å². The second kappa shape index (κ2) is 4.23. The number of aryl methyl sites for hydroxylation is 3. The van der Waals surface area contributed by atoms with Crippen molar-refractivity contribution in [3.05, 3.63) is 35.3 Å². The molecule has 0 aliphatic heterocycles. The van der Waals surface area contributed by atoms with Gasteiger partial charge >= 0.3 is 6.18 Å². The Morgan fingerprint density at radius 3 is 2.50 bits per heavy atom. The fourth-order valence-corrected chi connectivity index (χ4v) is 2.26. The molecular weight excluding hydrogens is 241 g/mol. The summed E-state index contributed by atoms with van der Waals surface area (Å²) in [5.41, 5.74) is 0.469. The van der Waals surface area contributed by atoms with Crippen molar-refractivity contribution >= 4 is 10.9 Å². The van der Waals surface area contributed by atoms with Crippen LogP contribution >= 0.6 is 0 Å². The number of rotatable bonds is 1. The normalized spacial score (nSPS) is 12.1. The summed E-state index contributed by atoms with van der Waals surface area (Å²) in [6.45, 7) is 3.38. The van der Waals surface area contributed by atoms with Gasteiger partial charge in [0.1, 0.15) is 11.3 Å². The van der Waals surface area contributed by atoms with Crippen LogP contribution in [-0.2, 0) is 19.6 Å². The quantitative estimate of drug-likeness (QED) is 0.716. The molecule has 0 spiro atoms. The largest absolute Gasteiger partial charge is 0.420 e. The second-order valence-corrected chi connectivity index (χ2v) is 4.31. The first-order valence-corrected chi connectivity index (χ1v) is 5.70. The molecule has 0 bridgehead atoms. The zero-order chi connectivity index (χ0) is 13.5. The Morgan fingerprint density at radius 1 is 1.28 bits per heavy atom. The number of hydrogen-bond acceptors (Lipinski definition) is 1. The molecule has 0 atom stereocenters. The van der Waals surface area contributed by atoms with Gasteiger partial charge in [-0.05, 0) is 23.5 Å². The van der Waals surface area contributed by atoms with E-state index in [0.29, 0.717) is 11.8 Å². The van der Waals surface area contributed by atoms with Gasteiger partial charge in [-0.25, -0.2) is 4.57 Å². The first-order valence-electron chi connectivity index (χ1n) is 5.70. The summed E-state index contributed by atoms with van der Waals surface area (Å²) in [4.78, 5) is 3.96. The highest BCUT2D eigenvalue weighted by molar-refractivity contribution is 5.84. The van der Waals surface area contributed by atoms with E-state index < -0.39 is 11.7 Å². The van der Waals surface area contributed by atoms with E-state index in [1.54, 1.807) is 17.7 Å². The highest BCUT2D eigenvalue weighted by atomic mass is 19.4. The van der Waals surface area contributed by atoms with Gasteiger partial charge in [0.05, 0.1) is 12.4 Å². The number of aromatic nitrogens is 2. The number of alkyl halides is 3. The van der Waals surface area contributed by atoms with E-state index in [1.807, 2.05) is 6.92 Å². The molecule has 1 aromatic heterocycles. The lowest BCUT2D eigenvalue weighted by atomic mass is 10.0. The third-order valence-electron chi connectivity index (χ3n) is 3.10. The average Bonchev–Trinajstić information content (AvgIpc) is 2.27. The van der Waals surface area contributed by atoms with E-state index in [9.17, 15) is 13.2 Å². The minimum Gasteiger partial charge on any atom is -0.236 e. The maximum absolute atomic E-state index is 13.1.